The van der Waals surface area contributed by atoms with Crippen molar-refractivity contribution in [1.29, 1.82) is 0 Å². The third kappa shape index (κ3) is 4.53. The number of carbonyl (C=O) groups excluding carboxylic acids is 1. The van der Waals surface area contributed by atoms with Crippen molar-refractivity contribution in [2.45, 2.75) is 57.4 Å². The number of sulfonamides is 1. The van der Waals surface area contributed by atoms with Crippen molar-refractivity contribution < 1.29 is 27.4 Å². The van der Waals surface area contributed by atoms with Crippen molar-refractivity contribution in [1.82, 2.24) is 9.62 Å². The average Bonchev–Trinajstić information content (AvgIpc) is 2.58. The van der Waals surface area contributed by atoms with Crippen LogP contribution in [0.5, 0.6) is 5.75 Å². The van der Waals surface area contributed by atoms with E-state index >= 15 is 0 Å². The molecule has 0 bridgehead atoms. The number of amidine groups is 1. The van der Waals surface area contributed by atoms with Crippen molar-refractivity contribution in [3.05, 3.63) is 29.6 Å². The second-order valence-electron chi connectivity index (χ2n) is 8.80. The summed E-state index contributed by atoms with van der Waals surface area (Å²) in [6.45, 7) is 9.16. The molecule has 0 fully saturated rings. The molecule has 29 heavy (non-hydrogen) atoms. The number of alkyl carbamates (subject to hydrolysis) is 1. The Morgan fingerprint density at radius 1 is 1.31 bits per heavy atom. The zero-order chi connectivity index (χ0) is 22.4. The van der Waals surface area contributed by atoms with Gasteiger partial charge in [0.2, 0.25) is 10.0 Å². The summed E-state index contributed by atoms with van der Waals surface area (Å²) in [7, 11) is -2.61. The summed E-state index contributed by atoms with van der Waals surface area (Å²) in [6.07, 6.45) is -0.872. The van der Waals surface area contributed by atoms with Crippen molar-refractivity contribution in [3.63, 3.8) is 0 Å². The predicted octanol–water partition coefficient (Wildman–Crippen LogP) is 2.72. The van der Waals surface area contributed by atoms with Gasteiger partial charge in [-0.3, -0.25) is 10.3 Å². The van der Waals surface area contributed by atoms with Gasteiger partial charge in [0.05, 0.1) is 0 Å². The molecule has 1 atom stereocenters. The molecule has 0 spiro atoms. The van der Waals surface area contributed by atoms with Gasteiger partial charge in [-0.1, -0.05) is 0 Å². The molecule has 1 aromatic carbocycles. The highest BCUT2D eigenvalue weighted by Gasteiger charge is 2.50. The summed E-state index contributed by atoms with van der Waals surface area (Å²) >= 11 is 0. The zero-order valence-electron chi connectivity index (χ0n) is 17.7. The van der Waals surface area contributed by atoms with Gasteiger partial charge in [-0.05, 0) is 59.7 Å². The van der Waals surface area contributed by atoms with E-state index in [-0.39, 0.29) is 23.7 Å². The number of hydrogen-bond donors (Lipinski definition) is 2. The summed E-state index contributed by atoms with van der Waals surface area (Å²) in [6, 6.07) is 3.46. The highest BCUT2D eigenvalue weighted by Crippen LogP contribution is 2.37. The molecule has 0 aromatic heterocycles. The molecule has 0 aliphatic carbocycles. The second kappa shape index (κ2) is 7.24. The van der Waals surface area contributed by atoms with E-state index in [1.807, 2.05) is 0 Å². The van der Waals surface area contributed by atoms with Gasteiger partial charge in [0.15, 0.2) is 0 Å². The molecule has 0 saturated carbocycles. The van der Waals surface area contributed by atoms with Crippen LogP contribution in [0.3, 0.4) is 0 Å². The molecule has 8 nitrogen and oxygen atoms in total. The maximum atomic E-state index is 14.6. The normalized spacial score (nSPS) is 24.3. The van der Waals surface area contributed by atoms with E-state index < -0.39 is 37.8 Å². The molecule has 1 aromatic rings. The Balaban J connectivity index is 2.67. The molecule has 0 radical (unpaired) electrons. The van der Waals surface area contributed by atoms with Crippen molar-refractivity contribution in [3.8, 4) is 5.75 Å². The molecular formula is C19H28FN3O5S. The zero-order valence-corrected chi connectivity index (χ0v) is 18.5. The van der Waals surface area contributed by atoms with Crippen LogP contribution >= 0.6 is 0 Å². The van der Waals surface area contributed by atoms with Gasteiger partial charge in [-0.15, -0.1) is 0 Å². The van der Waals surface area contributed by atoms with E-state index in [2.05, 4.69) is 10.3 Å². The van der Waals surface area contributed by atoms with E-state index in [9.17, 15) is 22.7 Å². The van der Waals surface area contributed by atoms with E-state index in [1.54, 1.807) is 20.8 Å². The minimum atomic E-state index is -3.97. The summed E-state index contributed by atoms with van der Waals surface area (Å²) < 4.78 is 45.5. The van der Waals surface area contributed by atoms with Crippen LogP contribution in [0.4, 0.5) is 9.18 Å². The molecule has 0 saturated heterocycles. The number of ether oxygens (including phenoxy) is 1. The van der Waals surface area contributed by atoms with Crippen LogP contribution < -0.4 is 5.32 Å². The van der Waals surface area contributed by atoms with Crippen LogP contribution in [0.25, 0.3) is 0 Å². The number of nitrogens with one attached hydrogen (secondary N) is 1. The third-order valence-electron chi connectivity index (χ3n) is 4.66. The van der Waals surface area contributed by atoms with Crippen LogP contribution in [0.1, 0.15) is 47.1 Å². The van der Waals surface area contributed by atoms with Crippen molar-refractivity contribution in [2.24, 2.45) is 4.99 Å². The number of phenolic OH excluding ortho intramolecular Hbond substituents is 1. The topological polar surface area (TPSA) is 108 Å². The quantitative estimate of drug-likeness (QED) is 0.714. The standard InChI is InChI=1S/C19H28FN3O5S/c1-17(2,3)28-16(25)21-15-18(4,5)29(26,27)23(7)11-19(6,22-15)13-10-12(24)8-9-14(13)20/h8-10,24H,11H2,1-7H3,(H,21,22,25)/t19-/m0/s1. The molecule has 1 heterocycles. The number of rotatable bonds is 1. The molecule has 1 amide bonds. The van der Waals surface area contributed by atoms with E-state index in [0.717, 1.165) is 10.4 Å². The molecule has 1 aliphatic heterocycles. The average molecular weight is 430 g/mol. The highest BCUT2D eigenvalue weighted by atomic mass is 32.2. The lowest BCUT2D eigenvalue weighted by Crippen LogP contribution is -2.53. The number of aromatic hydroxyl groups is 1. The first-order chi connectivity index (χ1) is 13.0. The summed E-state index contributed by atoms with van der Waals surface area (Å²) in [5, 5.41) is 12.3. The minimum absolute atomic E-state index is 0.000684. The Morgan fingerprint density at radius 3 is 2.45 bits per heavy atom. The number of halogens is 1. The van der Waals surface area contributed by atoms with Crippen LogP contribution in [0.2, 0.25) is 0 Å². The third-order valence-corrected chi connectivity index (χ3v) is 7.10. The lowest BCUT2D eigenvalue weighted by Gasteiger charge is -2.30. The summed E-state index contributed by atoms with van der Waals surface area (Å²) in [5.41, 5.74) is -2.22. The van der Waals surface area contributed by atoms with Crippen molar-refractivity contribution >= 4 is 22.0 Å². The first kappa shape index (κ1) is 23.1. The van der Waals surface area contributed by atoms with Gasteiger partial charge in [0.1, 0.15) is 33.3 Å². The van der Waals surface area contributed by atoms with Crippen LogP contribution in [0.15, 0.2) is 23.2 Å². The minimum Gasteiger partial charge on any atom is -0.508 e. The highest BCUT2D eigenvalue weighted by molar-refractivity contribution is 7.91. The van der Waals surface area contributed by atoms with Gasteiger partial charge in [0, 0.05) is 19.2 Å². The Morgan fingerprint density at radius 2 is 1.90 bits per heavy atom. The molecule has 1 aliphatic rings. The maximum Gasteiger partial charge on any atom is 0.413 e. The van der Waals surface area contributed by atoms with E-state index in [4.69, 9.17) is 4.74 Å². The summed E-state index contributed by atoms with van der Waals surface area (Å²) in [4.78, 5) is 16.8. The second-order valence-corrected chi connectivity index (χ2v) is 11.4. The molecule has 2 N–H and O–H groups in total. The largest absolute Gasteiger partial charge is 0.508 e. The number of carbonyl (C=O) groups is 1. The molecule has 162 valence electrons. The number of likely N-dealkylation sites (N-methyl/N-ethyl adjacent to an activating group) is 1. The van der Waals surface area contributed by atoms with E-state index in [0.29, 0.717) is 0 Å². The molecule has 0 unspecified atom stereocenters. The number of aliphatic imine (C=N–C) groups is 1. The van der Waals surface area contributed by atoms with Gasteiger partial charge in [-0.25, -0.2) is 21.9 Å². The fourth-order valence-corrected chi connectivity index (χ4v) is 4.64. The van der Waals surface area contributed by atoms with Crippen molar-refractivity contribution in [2.75, 3.05) is 13.6 Å². The lowest BCUT2D eigenvalue weighted by atomic mass is 9.91. The Labute approximate surface area is 170 Å². The van der Waals surface area contributed by atoms with Crippen LogP contribution in [-0.2, 0) is 20.3 Å². The first-order valence-corrected chi connectivity index (χ1v) is 10.5. The fraction of sp³-hybridized carbons (Fsp3) is 0.579. The predicted molar refractivity (Wildman–Crippen MR) is 108 cm³/mol. The van der Waals surface area contributed by atoms with E-state index in [1.165, 1.54) is 40.0 Å². The lowest BCUT2D eigenvalue weighted by molar-refractivity contribution is 0.0561. The number of phenols is 1. The van der Waals surface area contributed by atoms with Gasteiger partial charge in [0.25, 0.3) is 0 Å². The number of benzene rings is 1. The van der Waals surface area contributed by atoms with Gasteiger partial charge < -0.3 is 9.84 Å². The van der Waals surface area contributed by atoms with Crippen LogP contribution in [-0.4, -0.2) is 53.7 Å². The molecule has 10 heteroatoms. The fourth-order valence-electron chi connectivity index (χ4n) is 3.10. The number of hydrogen-bond acceptors (Lipinski definition) is 6. The molecular weight excluding hydrogens is 401 g/mol. The smallest absolute Gasteiger partial charge is 0.413 e. The first-order valence-electron chi connectivity index (χ1n) is 9.05. The SMILES string of the molecule is CN1C[C@@](C)(c2cc(O)ccc2F)N=C(NC(=O)OC(C)(C)C)C(C)(C)S1(=O)=O. The maximum absolute atomic E-state index is 14.6. The Kier molecular flexibility index (Phi) is 5.77. The van der Waals surface area contributed by atoms with Gasteiger partial charge >= 0.3 is 6.09 Å². The van der Waals surface area contributed by atoms with Gasteiger partial charge in [-0.2, -0.15) is 0 Å². The van der Waals surface area contributed by atoms with Crippen LogP contribution in [0, 0.1) is 5.82 Å². The Bertz CT molecular complexity index is 953. The monoisotopic (exact) mass is 429 g/mol. The number of nitrogens with zero attached hydrogens (tertiary/aromatic N) is 2. The summed E-state index contributed by atoms with van der Waals surface area (Å²) in [5.74, 6) is -1.02. The number of amides is 1. The molecule has 2 rings (SSSR count). The Hall–Kier alpha value is -2.20.